The second kappa shape index (κ2) is 11.2. The van der Waals surface area contributed by atoms with Crippen molar-refractivity contribution in [2.75, 3.05) is 32.3 Å². The van der Waals surface area contributed by atoms with Gasteiger partial charge in [0.1, 0.15) is 5.00 Å². The Hall–Kier alpha value is -2.96. The van der Waals surface area contributed by atoms with Gasteiger partial charge in [-0.1, -0.05) is 17.8 Å². The lowest BCUT2D eigenvalue weighted by molar-refractivity contribution is -0.113. The number of nitrogens with zero attached hydrogens (tertiary/aromatic N) is 4. The van der Waals surface area contributed by atoms with Gasteiger partial charge in [0.15, 0.2) is 11.0 Å². The predicted octanol–water partition coefficient (Wildman–Crippen LogP) is 4.40. The van der Waals surface area contributed by atoms with Crippen molar-refractivity contribution in [3.8, 4) is 11.4 Å². The number of aromatic nitrogens is 3. The monoisotopic (exact) mass is 533 g/mol. The molecule has 2 amide bonds. The summed E-state index contributed by atoms with van der Waals surface area (Å²) < 4.78 is 6.80. The predicted molar refractivity (Wildman–Crippen MR) is 141 cm³/mol. The number of ether oxygens (including phenoxy) is 1. The van der Waals surface area contributed by atoms with Crippen molar-refractivity contribution in [1.29, 1.82) is 0 Å². The van der Waals surface area contributed by atoms with Crippen molar-refractivity contribution in [1.82, 2.24) is 19.7 Å². The number of amides is 2. The van der Waals surface area contributed by atoms with Gasteiger partial charge in [0.25, 0.3) is 5.91 Å². The van der Waals surface area contributed by atoms with E-state index in [1.165, 1.54) is 28.6 Å². The summed E-state index contributed by atoms with van der Waals surface area (Å²) in [6.45, 7) is 10.1. The van der Waals surface area contributed by atoms with Crippen LogP contribution in [-0.2, 0) is 16.1 Å². The quantitative estimate of drug-likeness (QED) is 0.247. The van der Waals surface area contributed by atoms with Crippen LogP contribution in [0.2, 0.25) is 0 Å². The van der Waals surface area contributed by atoms with Crippen molar-refractivity contribution in [3.63, 3.8) is 0 Å². The Labute approximate surface area is 216 Å². The zero-order valence-electron chi connectivity index (χ0n) is 20.4. The fourth-order valence-corrected chi connectivity index (χ4v) is 6.12. The number of esters is 1. The second-order valence-corrected chi connectivity index (χ2v) is 10.9. The van der Waals surface area contributed by atoms with E-state index in [-0.39, 0.29) is 28.1 Å². The third-order valence-corrected chi connectivity index (χ3v) is 8.45. The average molecular weight is 534 g/mol. The van der Waals surface area contributed by atoms with Crippen LogP contribution in [0.3, 0.4) is 0 Å². The molecule has 0 aliphatic rings. The highest BCUT2D eigenvalue weighted by molar-refractivity contribution is 7.99. The molecular weight excluding hydrogens is 506 g/mol. The number of carbonyl (C=O) groups excluding carboxylic acids is 3. The number of anilines is 1. The van der Waals surface area contributed by atoms with Crippen LogP contribution in [0.1, 0.15) is 36.0 Å². The molecule has 1 N–H and O–H groups in total. The van der Waals surface area contributed by atoms with Gasteiger partial charge in [0.2, 0.25) is 5.91 Å². The number of hydrogen-bond donors (Lipinski definition) is 1. The third kappa shape index (κ3) is 5.49. The van der Waals surface area contributed by atoms with Gasteiger partial charge in [0.05, 0.1) is 23.3 Å². The number of rotatable bonds is 9. The van der Waals surface area contributed by atoms with E-state index in [2.05, 4.69) is 34.4 Å². The molecule has 0 saturated carbocycles. The van der Waals surface area contributed by atoms with Gasteiger partial charge in [-0.25, -0.2) is 4.79 Å². The third-order valence-electron chi connectivity index (χ3n) is 5.28. The first-order valence-electron chi connectivity index (χ1n) is 10.6. The van der Waals surface area contributed by atoms with Gasteiger partial charge in [-0.2, -0.15) is 0 Å². The Morgan fingerprint density at radius 2 is 1.94 bits per heavy atom. The van der Waals surface area contributed by atoms with Crippen LogP contribution < -0.4 is 5.32 Å². The minimum Gasteiger partial charge on any atom is -0.465 e. The smallest absolute Gasteiger partial charge is 0.341 e. The van der Waals surface area contributed by atoms with E-state index in [0.29, 0.717) is 22.1 Å². The highest BCUT2D eigenvalue weighted by atomic mass is 32.2. The van der Waals surface area contributed by atoms with Gasteiger partial charge in [-0.15, -0.1) is 39.4 Å². The first kappa shape index (κ1) is 26.6. The van der Waals surface area contributed by atoms with Gasteiger partial charge in [-0.3, -0.25) is 14.2 Å². The van der Waals surface area contributed by atoms with E-state index in [4.69, 9.17) is 4.74 Å². The number of allylic oxidation sites excluding steroid dienone is 1. The molecule has 3 heterocycles. The maximum atomic E-state index is 12.8. The molecule has 186 valence electrons. The van der Waals surface area contributed by atoms with Crippen LogP contribution in [0.15, 0.2) is 23.2 Å². The number of hydrogen-bond acceptors (Lipinski definition) is 9. The summed E-state index contributed by atoms with van der Waals surface area (Å²) in [5.74, 6) is -0.454. The summed E-state index contributed by atoms with van der Waals surface area (Å²) in [4.78, 5) is 40.7. The molecule has 0 spiro atoms. The van der Waals surface area contributed by atoms with Crippen LogP contribution in [0.25, 0.3) is 11.4 Å². The summed E-state index contributed by atoms with van der Waals surface area (Å²) in [7, 11) is 4.51. The molecule has 3 aromatic heterocycles. The zero-order valence-corrected chi connectivity index (χ0v) is 22.9. The molecule has 0 aliphatic carbocycles. The van der Waals surface area contributed by atoms with E-state index in [0.717, 1.165) is 28.3 Å². The highest BCUT2D eigenvalue weighted by Crippen LogP contribution is 2.35. The summed E-state index contributed by atoms with van der Waals surface area (Å²) in [5.41, 5.74) is 2.81. The summed E-state index contributed by atoms with van der Waals surface area (Å²) in [5, 5.41) is 14.3. The topological polar surface area (TPSA) is 106 Å². The number of aryl methyl sites for hydroxylation is 1. The molecule has 12 heteroatoms. The van der Waals surface area contributed by atoms with Crippen LogP contribution in [0, 0.1) is 20.8 Å². The second-order valence-electron chi connectivity index (χ2n) is 7.82. The largest absolute Gasteiger partial charge is 0.465 e. The molecule has 35 heavy (non-hydrogen) atoms. The number of thioether (sulfide) groups is 1. The molecule has 0 fully saturated rings. The molecule has 0 aliphatic heterocycles. The Morgan fingerprint density at radius 3 is 2.51 bits per heavy atom. The molecule has 9 nitrogen and oxygen atoms in total. The summed E-state index contributed by atoms with van der Waals surface area (Å²) in [6, 6.07) is 0. The van der Waals surface area contributed by atoms with Crippen LogP contribution in [0.5, 0.6) is 0 Å². The summed E-state index contributed by atoms with van der Waals surface area (Å²) in [6.07, 6.45) is 1.76. The molecule has 0 unspecified atom stereocenters. The van der Waals surface area contributed by atoms with Gasteiger partial charge in [0, 0.05) is 36.5 Å². The lowest BCUT2D eigenvalue weighted by Gasteiger charge is -2.08. The van der Waals surface area contributed by atoms with E-state index < -0.39 is 5.97 Å². The maximum Gasteiger partial charge on any atom is 0.341 e. The number of nitrogens with one attached hydrogen (secondary N) is 1. The van der Waals surface area contributed by atoms with Gasteiger partial charge in [-0.05, 0) is 31.9 Å². The Kier molecular flexibility index (Phi) is 8.51. The minimum atomic E-state index is -0.615. The van der Waals surface area contributed by atoms with E-state index in [1.54, 1.807) is 38.4 Å². The Morgan fingerprint density at radius 1 is 1.23 bits per heavy atom. The molecule has 3 aromatic rings. The summed E-state index contributed by atoms with van der Waals surface area (Å²) >= 11 is 3.94. The highest BCUT2D eigenvalue weighted by Gasteiger charge is 2.27. The van der Waals surface area contributed by atoms with Crippen molar-refractivity contribution in [2.45, 2.75) is 32.5 Å². The number of carbonyl (C=O) groups is 3. The molecular formula is C23H27N5O4S3. The molecule has 0 bridgehead atoms. The first-order chi connectivity index (χ1) is 16.6. The molecule has 0 radical (unpaired) electrons. The van der Waals surface area contributed by atoms with Crippen LogP contribution in [0.4, 0.5) is 5.00 Å². The lowest BCUT2D eigenvalue weighted by Crippen LogP contribution is -2.21. The van der Waals surface area contributed by atoms with E-state index >= 15 is 0 Å². The van der Waals surface area contributed by atoms with Crippen molar-refractivity contribution >= 4 is 57.2 Å². The number of thiophene rings is 2. The fraction of sp³-hybridized carbons (Fsp3) is 0.348. The average Bonchev–Trinajstić information content (AvgIpc) is 3.47. The lowest BCUT2D eigenvalue weighted by atomic mass is 10.1. The van der Waals surface area contributed by atoms with Gasteiger partial charge >= 0.3 is 5.97 Å². The molecule has 0 saturated heterocycles. The minimum absolute atomic E-state index is 0.0332. The van der Waals surface area contributed by atoms with Crippen LogP contribution >= 0.6 is 34.4 Å². The van der Waals surface area contributed by atoms with Gasteiger partial charge < -0.3 is 15.0 Å². The fourth-order valence-electron chi connectivity index (χ4n) is 3.27. The van der Waals surface area contributed by atoms with E-state index in [9.17, 15) is 14.4 Å². The standard InChI is InChI=1S/C23H27N5O4S3/c1-8-9-28-19(15-10-33-14(4)12(15)2)25-26-23(28)34-11-16(29)24-20-17(22(31)32-7)13(3)18(35-20)21(30)27(5)6/h8,10H,1,9,11H2,2-7H3,(H,24,29). The first-order valence-corrected chi connectivity index (χ1v) is 13.2. The van der Waals surface area contributed by atoms with Crippen molar-refractivity contribution in [3.05, 3.63) is 44.5 Å². The SMILES string of the molecule is C=CCn1c(SCC(=O)Nc2sc(C(=O)N(C)C)c(C)c2C(=O)OC)nnc1-c1csc(C)c1C. The Bertz CT molecular complexity index is 1290. The van der Waals surface area contributed by atoms with E-state index in [1.807, 2.05) is 11.5 Å². The Balaban J connectivity index is 1.82. The normalized spacial score (nSPS) is 10.8. The van der Waals surface area contributed by atoms with Crippen molar-refractivity contribution < 1.29 is 19.1 Å². The maximum absolute atomic E-state index is 12.8. The number of methoxy groups -OCH3 is 1. The van der Waals surface area contributed by atoms with Crippen molar-refractivity contribution in [2.24, 2.45) is 0 Å². The zero-order chi connectivity index (χ0) is 25.9. The van der Waals surface area contributed by atoms with Crippen LogP contribution in [-0.4, -0.2) is 64.4 Å². The molecule has 0 atom stereocenters. The molecule has 3 rings (SSSR count). The molecule has 0 aromatic carbocycles.